The van der Waals surface area contributed by atoms with E-state index in [4.69, 9.17) is 5.73 Å². The third-order valence-electron chi connectivity index (χ3n) is 3.90. The van der Waals surface area contributed by atoms with Crippen molar-refractivity contribution in [3.63, 3.8) is 0 Å². The highest BCUT2D eigenvalue weighted by Crippen LogP contribution is 2.28. The topological polar surface area (TPSA) is 75.4 Å². The molecule has 0 aliphatic carbocycles. The monoisotopic (exact) mass is 239 g/mol. The molecule has 2 aliphatic rings. The van der Waals surface area contributed by atoms with Crippen LogP contribution in [0.25, 0.3) is 0 Å². The zero-order valence-electron chi connectivity index (χ0n) is 10.5. The minimum atomic E-state index is -0.260. The number of likely N-dealkylation sites (tertiary alicyclic amines) is 1. The number of hydrogen-bond acceptors (Lipinski definition) is 3. The zero-order chi connectivity index (χ0) is 12.6. The molecule has 2 aliphatic heterocycles. The number of nitrogens with one attached hydrogen (secondary N) is 1. The molecule has 2 fully saturated rings. The molecule has 2 amide bonds. The van der Waals surface area contributed by atoms with Gasteiger partial charge in [0, 0.05) is 18.5 Å². The molecule has 0 bridgehead atoms. The molecular weight excluding hydrogens is 218 g/mol. The Morgan fingerprint density at radius 2 is 2.24 bits per heavy atom. The van der Waals surface area contributed by atoms with Crippen molar-refractivity contribution in [1.82, 2.24) is 10.2 Å². The first-order chi connectivity index (χ1) is 8.00. The highest BCUT2D eigenvalue weighted by Gasteiger charge is 2.43. The van der Waals surface area contributed by atoms with Crippen molar-refractivity contribution in [2.45, 2.75) is 51.2 Å². The van der Waals surface area contributed by atoms with Crippen molar-refractivity contribution in [1.29, 1.82) is 0 Å². The fourth-order valence-corrected chi connectivity index (χ4v) is 3.08. The molecule has 0 aromatic heterocycles. The normalized spacial score (nSPS) is 34.3. The highest BCUT2D eigenvalue weighted by molar-refractivity contribution is 5.82. The van der Waals surface area contributed by atoms with Gasteiger partial charge < -0.3 is 11.1 Å². The van der Waals surface area contributed by atoms with E-state index in [1.54, 1.807) is 0 Å². The highest BCUT2D eigenvalue weighted by atomic mass is 16.2. The van der Waals surface area contributed by atoms with Crippen LogP contribution in [0.2, 0.25) is 0 Å². The summed E-state index contributed by atoms with van der Waals surface area (Å²) in [5.41, 5.74) is 5.43. The number of primary amides is 1. The third-order valence-corrected chi connectivity index (χ3v) is 3.90. The summed E-state index contributed by atoms with van der Waals surface area (Å²) >= 11 is 0. The minimum absolute atomic E-state index is 0.0869. The van der Waals surface area contributed by atoms with E-state index < -0.39 is 0 Å². The molecule has 5 nitrogen and oxygen atoms in total. The predicted molar refractivity (Wildman–Crippen MR) is 64.1 cm³/mol. The van der Waals surface area contributed by atoms with Gasteiger partial charge in [0.15, 0.2) is 0 Å². The van der Waals surface area contributed by atoms with E-state index in [-0.39, 0.29) is 29.9 Å². The standard InChI is InChI=1S/C12H21N3O2/c1-7(2)11-9(6-10(16)14-11)15-5-3-4-8(15)12(13)17/h7-9,11H,3-6H2,1-2H3,(H2,13,17)(H,14,16)/t8-,9-,11-/m0/s1. The fourth-order valence-electron chi connectivity index (χ4n) is 3.08. The molecule has 3 atom stereocenters. The van der Waals surface area contributed by atoms with E-state index in [2.05, 4.69) is 24.1 Å². The van der Waals surface area contributed by atoms with Crippen molar-refractivity contribution in [2.24, 2.45) is 11.7 Å². The van der Waals surface area contributed by atoms with Gasteiger partial charge in [0.2, 0.25) is 11.8 Å². The van der Waals surface area contributed by atoms with Crippen LogP contribution in [0.1, 0.15) is 33.1 Å². The fraction of sp³-hybridized carbons (Fsp3) is 0.833. The van der Waals surface area contributed by atoms with Crippen LogP contribution in [0.15, 0.2) is 0 Å². The van der Waals surface area contributed by atoms with E-state index in [0.717, 1.165) is 19.4 Å². The summed E-state index contributed by atoms with van der Waals surface area (Å²) in [4.78, 5) is 25.1. The van der Waals surface area contributed by atoms with Crippen LogP contribution < -0.4 is 11.1 Å². The van der Waals surface area contributed by atoms with Crippen LogP contribution >= 0.6 is 0 Å². The number of amides is 2. The molecule has 2 heterocycles. The zero-order valence-corrected chi connectivity index (χ0v) is 10.5. The Kier molecular flexibility index (Phi) is 3.38. The van der Waals surface area contributed by atoms with Gasteiger partial charge in [-0.25, -0.2) is 0 Å². The smallest absolute Gasteiger partial charge is 0.234 e. The molecule has 0 aromatic rings. The Bertz CT molecular complexity index is 330. The number of hydrogen-bond donors (Lipinski definition) is 2. The molecule has 96 valence electrons. The number of carbonyl (C=O) groups excluding carboxylic acids is 2. The number of nitrogens with two attached hydrogens (primary N) is 1. The lowest BCUT2D eigenvalue weighted by atomic mass is 9.96. The lowest BCUT2D eigenvalue weighted by Gasteiger charge is -2.33. The van der Waals surface area contributed by atoms with E-state index in [1.165, 1.54) is 0 Å². The van der Waals surface area contributed by atoms with Gasteiger partial charge in [-0.05, 0) is 25.3 Å². The molecule has 3 N–H and O–H groups in total. The molecule has 0 saturated carbocycles. The van der Waals surface area contributed by atoms with Crippen LogP contribution in [0.5, 0.6) is 0 Å². The average molecular weight is 239 g/mol. The summed E-state index contributed by atoms with van der Waals surface area (Å²) in [6.07, 6.45) is 2.31. The van der Waals surface area contributed by atoms with Gasteiger partial charge in [-0.15, -0.1) is 0 Å². The lowest BCUT2D eigenvalue weighted by molar-refractivity contribution is -0.124. The first kappa shape index (κ1) is 12.4. The minimum Gasteiger partial charge on any atom is -0.368 e. The summed E-state index contributed by atoms with van der Waals surface area (Å²) in [5, 5.41) is 3.01. The molecule has 0 unspecified atom stereocenters. The van der Waals surface area contributed by atoms with Gasteiger partial charge >= 0.3 is 0 Å². The van der Waals surface area contributed by atoms with Crippen LogP contribution in [0.3, 0.4) is 0 Å². The number of carbonyl (C=O) groups is 2. The first-order valence-electron chi connectivity index (χ1n) is 6.35. The molecule has 2 saturated heterocycles. The van der Waals surface area contributed by atoms with Crippen LogP contribution in [-0.4, -0.2) is 41.4 Å². The second kappa shape index (κ2) is 4.64. The lowest BCUT2D eigenvalue weighted by Crippen LogP contribution is -2.51. The van der Waals surface area contributed by atoms with E-state index >= 15 is 0 Å². The summed E-state index contributed by atoms with van der Waals surface area (Å²) < 4.78 is 0. The van der Waals surface area contributed by atoms with E-state index in [0.29, 0.717) is 12.3 Å². The van der Waals surface area contributed by atoms with Crippen molar-refractivity contribution < 1.29 is 9.59 Å². The Labute approximate surface area is 102 Å². The van der Waals surface area contributed by atoms with Crippen molar-refractivity contribution in [2.75, 3.05) is 6.54 Å². The Morgan fingerprint density at radius 3 is 2.82 bits per heavy atom. The Hall–Kier alpha value is -1.10. The van der Waals surface area contributed by atoms with Crippen molar-refractivity contribution in [3.8, 4) is 0 Å². The molecule has 17 heavy (non-hydrogen) atoms. The average Bonchev–Trinajstić information content (AvgIpc) is 2.82. The molecule has 0 aromatic carbocycles. The molecular formula is C12H21N3O2. The van der Waals surface area contributed by atoms with Gasteiger partial charge in [-0.2, -0.15) is 0 Å². The third kappa shape index (κ3) is 2.29. The number of nitrogens with zero attached hydrogens (tertiary/aromatic N) is 1. The first-order valence-corrected chi connectivity index (χ1v) is 6.35. The summed E-state index contributed by atoms with van der Waals surface area (Å²) in [6.45, 7) is 5.06. The van der Waals surface area contributed by atoms with Crippen LogP contribution in [0, 0.1) is 5.92 Å². The Balaban J connectivity index is 2.14. The van der Waals surface area contributed by atoms with E-state index in [1.807, 2.05) is 0 Å². The Morgan fingerprint density at radius 1 is 1.53 bits per heavy atom. The molecule has 0 spiro atoms. The van der Waals surface area contributed by atoms with Gasteiger partial charge in [0.25, 0.3) is 0 Å². The SMILES string of the molecule is CC(C)[C@@H]1NC(=O)C[C@@H]1N1CCC[C@H]1C(N)=O. The van der Waals surface area contributed by atoms with E-state index in [9.17, 15) is 9.59 Å². The number of rotatable bonds is 3. The van der Waals surface area contributed by atoms with Crippen molar-refractivity contribution in [3.05, 3.63) is 0 Å². The summed E-state index contributed by atoms with van der Waals surface area (Å²) in [7, 11) is 0. The maximum Gasteiger partial charge on any atom is 0.234 e. The molecule has 0 radical (unpaired) electrons. The maximum absolute atomic E-state index is 11.5. The summed E-state index contributed by atoms with van der Waals surface area (Å²) in [6, 6.07) is 0.0823. The van der Waals surface area contributed by atoms with Crippen LogP contribution in [0.4, 0.5) is 0 Å². The molecule has 2 rings (SSSR count). The van der Waals surface area contributed by atoms with Gasteiger partial charge in [0.05, 0.1) is 6.04 Å². The van der Waals surface area contributed by atoms with Gasteiger partial charge in [0.1, 0.15) is 0 Å². The predicted octanol–water partition coefficient (Wildman–Crippen LogP) is -0.151. The van der Waals surface area contributed by atoms with Gasteiger partial charge in [-0.3, -0.25) is 14.5 Å². The second-order valence-electron chi connectivity index (χ2n) is 5.41. The molecule has 5 heteroatoms. The largest absolute Gasteiger partial charge is 0.368 e. The van der Waals surface area contributed by atoms with Crippen molar-refractivity contribution >= 4 is 11.8 Å². The van der Waals surface area contributed by atoms with Crippen LogP contribution in [-0.2, 0) is 9.59 Å². The second-order valence-corrected chi connectivity index (χ2v) is 5.41. The summed E-state index contributed by atoms with van der Waals surface area (Å²) in [5.74, 6) is 0.203. The maximum atomic E-state index is 11.5. The quantitative estimate of drug-likeness (QED) is 0.719. The van der Waals surface area contributed by atoms with Gasteiger partial charge in [-0.1, -0.05) is 13.8 Å².